The molecule has 2 atom stereocenters. The van der Waals surface area contributed by atoms with Crippen molar-refractivity contribution in [3.8, 4) is 5.75 Å². The van der Waals surface area contributed by atoms with E-state index in [-0.39, 0.29) is 18.0 Å². The van der Waals surface area contributed by atoms with Gasteiger partial charge in [0, 0.05) is 19.2 Å². The fourth-order valence-electron chi connectivity index (χ4n) is 3.13. The maximum atomic E-state index is 12.7. The fourth-order valence-corrected chi connectivity index (χ4v) is 3.13. The summed E-state index contributed by atoms with van der Waals surface area (Å²) in [5, 5.41) is 5.50. The van der Waals surface area contributed by atoms with Crippen molar-refractivity contribution in [1.29, 1.82) is 0 Å². The van der Waals surface area contributed by atoms with Crippen LogP contribution in [0.4, 0.5) is 10.5 Å². The van der Waals surface area contributed by atoms with Gasteiger partial charge in [-0.1, -0.05) is 30.3 Å². The van der Waals surface area contributed by atoms with Crippen molar-refractivity contribution >= 4 is 17.6 Å². The van der Waals surface area contributed by atoms with E-state index in [1.54, 1.807) is 7.05 Å². The smallest absolute Gasteiger partial charge is 0.322 e. The third kappa shape index (κ3) is 4.14. The average Bonchev–Trinajstić information content (AvgIpc) is 3.06. The molecule has 0 radical (unpaired) electrons. The van der Waals surface area contributed by atoms with Gasteiger partial charge in [-0.2, -0.15) is 0 Å². The molecule has 6 nitrogen and oxygen atoms in total. The number of likely N-dealkylation sites (tertiary alicyclic amines) is 1. The molecule has 2 aromatic rings. The van der Waals surface area contributed by atoms with Crippen molar-refractivity contribution in [1.82, 2.24) is 10.2 Å². The minimum atomic E-state index is -0.557. The van der Waals surface area contributed by atoms with E-state index in [0.717, 1.165) is 11.3 Å². The average molecular weight is 353 g/mol. The van der Waals surface area contributed by atoms with Crippen LogP contribution in [0.2, 0.25) is 0 Å². The van der Waals surface area contributed by atoms with Crippen LogP contribution in [0.5, 0.6) is 5.75 Å². The summed E-state index contributed by atoms with van der Waals surface area (Å²) in [6.07, 6.45) is 0.221. The Morgan fingerprint density at radius 2 is 1.88 bits per heavy atom. The van der Waals surface area contributed by atoms with Crippen molar-refractivity contribution < 1.29 is 14.3 Å². The molecule has 1 heterocycles. The zero-order chi connectivity index (χ0) is 18.5. The lowest BCUT2D eigenvalue weighted by Crippen LogP contribution is -2.46. The molecule has 0 saturated carbocycles. The van der Waals surface area contributed by atoms with Crippen molar-refractivity contribution in [2.45, 2.75) is 25.5 Å². The van der Waals surface area contributed by atoms with Gasteiger partial charge in [-0.05, 0) is 36.8 Å². The summed E-state index contributed by atoms with van der Waals surface area (Å²) in [6.45, 7) is 2.31. The zero-order valence-electron chi connectivity index (χ0n) is 14.9. The topological polar surface area (TPSA) is 70.7 Å². The quantitative estimate of drug-likeness (QED) is 0.888. The molecular formula is C20H23N3O3. The van der Waals surface area contributed by atoms with Gasteiger partial charge in [0.1, 0.15) is 17.9 Å². The van der Waals surface area contributed by atoms with Crippen LogP contribution in [0, 0.1) is 6.92 Å². The minimum absolute atomic E-state index is 0.191. The first-order valence-corrected chi connectivity index (χ1v) is 8.64. The van der Waals surface area contributed by atoms with Crippen LogP contribution in [0.1, 0.15) is 12.0 Å². The van der Waals surface area contributed by atoms with E-state index in [2.05, 4.69) is 10.6 Å². The number of para-hydroxylation sites is 1. The second-order valence-electron chi connectivity index (χ2n) is 6.37. The number of rotatable bonds is 4. The van der Waals surface area contributed by atoms with Gasteiger partial charge in [0.15, 0.2) is 0 Å². The maximum Gasteiger partial charge on any atom is 0.322 e. The van der Waals surface area contributed by atoms with Gasteiger partial charge in [0.25, 0.3) is 0 Å². The van der Waals surface area contributed by atoms with Gasteiger partial charge in [-0.15, -0.1) is 0 Å². The Labute approximate surface area is 153 Å². The predicted molar refractivity (Wildman–Crippen MR) is 100 cm³/mol. The number of likely N-dealkylation sites (N-methyl/N-ethyl adjacent to an activating group) is 1. The maximum absolute atomic E-state index is 12.7. The van der Waals surface area contributed by atoms with Crippen molar-refractivity contribution in [3.05, 3.63) is 60.2 Å². The highest BCUT2D eigenvalue weighted by Crippen LogP contribution is 2.24. The van der Waals surface area contributed by atoms with Gasteiger partial charge in [0.05, 0.1) is 6.54 Å². The molecule has 1 saturated heterocycles. The summed E-state index contributed by atoms with van der Waals surface area (Å²) in [7, 11) is 1.57. The Morgan fingerprint density at radius 1 is 1.12 bits per heavy atom. The summed E-state index contributed by atoms with van der Waals surface area (Å²) >= 11 is 0. The molecule has 0 unspecified atom stereocenters. The van der Waals surface area contributed by atoms with Crippen LogP contribution >= 0.6 is 0 Å². The first-order valence-electron chi connectivity index (χ1n) is 8.64. The Kier molecular flexibility index (Phi) is 5.41. The number of carbonyl (C=O) groups is 2. The number of amides is 3. The van der Waals surface area contributed by atoms with E-state index < -0.39 is 6.04 Å². The Morgan fingerprint density at radius 3 is 2.58 bits per heavy atom. The number of nitrogens with zero attached hydrogens (tertiary/aromatic N) is 1. The van der Waals surface area contributed by atoms with Crippen LogP contribution < -0.4 is 15.4 Å². The van der Waals surface area contributed by atoms with Crippen LogP contribution in [-0.2, 0) is 4.79 Å². The monoisotopic (exact) mass is 353 g/mol. The Balaban J connectivity index is 1.72. The lowest BCUT2D eigenvalue weighted by Gasteiger charge is -2.23. The molecule has 2 N–H and O–H groups in total. The summed E-state index contributed by atoms with van der Waals surface area (Å²) in [4.78, 5) is 26.5. The molecule has 2 aromatic carbocycles. The van der Waals surface area contributed by atoms with Crippen LogP contribution in [0.3, 0.4) is 0 Å². The summed E-state index contributed by atoms with van der Waals surface area (Å²) in [5.74, 6) is 0.539. The number of hydrogen-bond donors (Lipinski definition) is 2. The highest BCUT2D eigenvalue weighted by molar-refractivity contribution is 5.94. The molecule has 1 aliphatic rings. The Hall–Kier alpha value is -3.02. The molecule has 3 amide bonds. The van der Waals surface area contributed by atoms with E-state index in [1.807, 2.05) is 61.5 Å². The normalized spacial score (nSPS) is 19.1. The van der Waals surface area contributed by atoms with Crippen LogP contribution in [-0.4, -0.2) is 42.6 Å². The molecule has 0 spiro atoms. The number of benzene rings is 2. The minimum Gasteiger partial charge on any atom is -0.488 e. The largest absolute Gasteiger partial charge is 0.488 e. The van der Waals surface area contributed by atoms with E-state index in [4.69, 9.17) is 4.74 Å². The standard InChI is InChI=1S/C20H23N3O3/c1-14-7-6-8-15(11-14)22-20(25)23-13-17(12-18(23)19(24)21-2)26-16-9-4-3-5-10-16/h3-11,17-18H,12-13H2,1-2H3,(H,21,24)(H,22,25)/t17-,18+/m0/s1. The second-order valence-corrected chi connectivity index (χ2v) is 6.37. The van der Waals surface area contributed by atoms with E-state index in [1.165, 1.54) is 4.90 Å². The number of hydrogen-bond acceptors (Lipinski definition) is 3. The third-order valence-corrected chi connectivity index (χ3v) is 4.39. The van der Waals surface area contributed by atoms with Crippen LogP contribution in [0.25, 0.3) is 0 Å². The van der Waals surface area contributed by atoms with E-state index >= 15 is 0 Å². The molecule has 3 rings (SSSR count). The number of anilines is 1. The highest BCUT2D eigenvalue weighted by Gasteiger charge is 2.40. The molecule has 26 heavy (non-hydrogen) atoms. The number of nitrogens with one attached hydrogen (secondary N) is 2. The second kappa shape index (κ2) is 7.91. The summed E-state index contributed by atoms with van der Waals surface area (Å²) in [6, 6.07) is 16.1. The highest BCUT2D eigenvalue weighted by atomic mass is 16.5. The molecule has 6 heteroatoms. The summed E-state index contributed by atoms with van der Waals surface area (Å²) < 4.78 is 5.95. The van der Waals surface area contributed by atoms with Crippen molar-refractivity contribution in [2.75, 3.05) is 18.9 Å². The van der Waals surface area contributed by atoms with Gasteiger partial charge >= 0.3 is 6.03 Å². The van der Waals surface area contributed by atoms with E-state index in [0.29, 0.717) is 18.7 Å². The Bertz CT molecular complexity index is 779. The van der Waals surface area contributed by atoms with Gasteiger partial charge in [-0.3, -0.25) is 4.79 Å². The molecule has 0 aromatic heterocycles. The van der Waals surface area contributed by atoms with Gasteiger partial charge in [-0.25, -0.2) is 4.79 Å². The number of carbonyl (C=O) groups excluding carboxylic acids is 2. The lowest BCUT2D eigenvalue weighted by molar-refractivity contribution is -0.124. The predicted octanol–water partition coefficient (Wildman–Crippen LogP) is 2.79. The SMILES string of the molecule is CNC(=O)[C@H]1C[C@H](Oc2ccccc2)CN1C(=O)Nc1cccc(C)c1. The first-order chi connectivity index (χ1) is 12.6. The van der Waals surface area contributed by atoms with Crippen molar-refractivity contribution in [3.63, 3.8) is 0 Å². The van der Waals surface area contributed by atoms with Crippen molar-refractivity contribution in [2.24, 2.45) is 0 Å². The van der Waals surface area contributed by atoms with Gasteiger partial charge < -0.3 is 20.3 Å². The zero-order valence-corrected chi connectivity index (χ0v) is 14.9. The number of aryl methyl sites for hydroxylation is 1. The first kappa shape index (κ1) is 17.8. The van der Waals surface area contributed by atoms with Gasteiger partial charge in [0.2, 0.25) is 5.91 Å². The number of ether oxygens (including phenoxy) is 1. The van der Waals surface area contributed by atoms with Crippen LogP contribution in [0.15, 0.2) is 54.6 Å². The molecule has 0 bridgehead atoms. The molecule has 1 fully saturated rings. The fraction of sp³-hybridized carbons (Fsp3) is 0.300. The lowest BCUT2D eigenvalue weighted by atomic mass is 10.2. The molecule has 1 aliphatic heterocycles. The third-order valence-electron chi connectivity index (χ3n) is 4.39. The molecule has 0 aliphatic carbocycles. The summed E-state index contributed by atoms with van der Waals surface area (Å²) in [5.41, 5.74) is 1.76. The number of urea groups is 1. The molecule has 136 valence electrons. The molecular weight excluding hydrogens is 330 g/mol. The van der Waals surface area contributed by atoms with E-state index in [9.17, 15) is 9.59 Å².